The van der Waals surface area contributed by atoms with Crippen LogP contribution in [0.2, 0.25) is 0 Å². The van der Waals surface area contributed by atoms with Gasteiger partial charge in [0.2, 0.25) is 5.91 Å². The first-order valence-electron chi connectivity index (χ1n) is 12.0. The zero-order valence-electron chi connectivity index (χ0n) is 20.0. The van der Waals surface area contributed by atoms with E-state index in [1.54, 1.807) is 0 Å². The van der Waals surface area contributed by atoms with Crippen molar-refractivity contribution in [2.75, 3.05) is 39.5 Å². The summed E-state index contributed by atoms with van der Waals surface area (Å²) in [4.78, 5) is 15.4. The van der Waals surface area contributed by atoms with E-state index in [1.807, 2.05) is 19.1 Å². The molecule has 2 aromatic rings. The third-order valence-corrected chi connectivity index (χ3v) is 6.67. The van der Waals surface area contributed by atoms with E-state index in [9.17, 15) is 4.79 Å². The molecule has 6 heteroatoms. The number of hydrogen-bond acceptors (Lipinski definition) is 4. The highest BCUT2D eigenvalue weighted by Gasteiger charge is 2.44. The summed E-state index contributed by atoms with van der Waals surface area (Å²) in [6, 6.07) is 17.2. The second-order valence-corrected chi connectivity index (χ2v) is 9.18. The molecule has 1 heterocycles. The minimum Gasteiger partial charge on any atom is -0.494 e. The molecule has 0 spiro atoms. The zero-order chi connectivity index (χ0) is 22.5. The van der Waals surface area contributed by atoms with E-state index >= 15 is 0 Å². The summed E-state index contributed by atoms with van der Waals surface area (Å²) >= 11 is 0. The van der Waals surface area contributed by atoms with Crippen LogP contribution < -0.4 is 10.1 Å². The molecule has 2 fully saturated rings. The van der Waals surface area contributed by atoms with Crippen molar-refractivity contribution in [3.8, 4) is 5.75 Å². The van der Waals surface area contributed by atoms with Gasteiger partial charge in [-0.25, -0.2) is 0 Å². The lowest BCUT2D eigenvalue weighted by Crippen LogP contribution is -2.44. The third-order valence-electron chi connectivity index (χ3n) is 6.67. The molecule has 180 valence electrons. The molecule has 1 saturated carbocycles. The van der Waals surface area contributed by atoms with Gasteiger partial charge in [0.15, 0.2) is 0 Å². The van der Waals surface area contributed by atoms with Crippen LogP contribution in [0.5, 0.6) is 5.75 Å². The van der Waals surface area contributed by atoms with Crippen LogP contribution in [0.25, 0.3) is 0 Å². The minimum absolute atomic E-state index is 0. The number of halogens is 1. The summed E-state index contributed by atoms with van der Waals surface area (Å²) in [6.07, 6.45) is 0.909. The van der Waals surface area contributed by atoms with Crippen molar-refractivity contribution in [3.63, 3.8) is 0 Å². The number of amides is 1. The highest BCUT2D eigenvalue weighted by molar-refractivity contribution is 5.85. The average Bonchev–Trinajstić information content (AvgIpc) is 3.62. The van der Waals surface area contributed by atoms with Crippen LogP contribution >= 0.6 is 12.4 Å². The smallest absolute Gasteiger partial charge is 0.223 e. The van der Waals surface area contributed by atoms with Crippen LogP contribution in [-0.4, -0.2) is 50.3 Å². The van der Waals surface area contributed by atoms with Crippen molar-refractivity contribution >= 4 is 18.3 Å². The standard InChI is InChI=1S/C27H36N2O3.ClH/c1-4-32-23-7-5-6-22(16-23)24-17-25(24)27(30)28-18-26(29-12-14-31-15-13-29)21-10-8-20(9-11-21)19(2)3;/h5-11,16,19,24-26H,4,12-15,17-18H2,1-3H3,(H,28,30);1H. The highest BCUT2D eigenvalue weighted by atomic mass is 35.5. The van der Waals surface area contributed by atoms with E-state index < -0.39 is 0 Å². The molecular formula is C27H37ClN2O3. The van der Waals surface area contributed by atoms with Crippen molar-refractivity contribution in [1.29, 1.82) is 0 Å². The molecule has 0 bridgehead atoms. The number of rotatable bonds is 9. The van der Waals surface area contributed by atoms with Crippen molar-refractivity contribution in [2.45, 2.75) is 45.1 Å². The number of hydrogen-bond donors (Lipinski definition) is 1. The molecule has 4 rings (SSSR count). The third kappa shape index (κ3) is 6.50. The van der Waals surface area contributed by atoms with E-state index in [1.165, 1.54) is 16.7 Å². The summed E-state index contributed by atoms with van der Waals surface area (Å²) in [6.45, 7) is 11.0. The summed E-state index contributed by atoms with van der Waals surface area (Å²) in [5.41, 5.74) is 3.80. The predicted octanol–water partition coefficient (Wildman–Crippen LogP) is 4.92. The molecule has 0 radical (unpaired) electrons. The van der Waals surface area contributed by atoms with E-state index in [2.05, 4.69) is 60.5 Å². The molecule has 1 aliphatic carbocycles. The number of benzene rings is 2. The van der Waals surface area contributed by atoms with Gasteiger partial charge in [-0.1, -0.05) is 50.2 Å². The molecule has 0 aromatic heterocycles. The van der Waals surface area contributed by atoms with E-state index in [4.69, 9.17) is 9.47 Å². The lowest BCUT2D eigenvalue weighted by atomic mass is 9.98. The maximum Gasteiger partial charge on any atom is 0.223 e. The molecule has 3 unspecified atom stereocenters. The van der Waals surface area contributed by atoms with Crippen molar-refractivity contribution in [3.05, 3.63) is 65.2 Å². The summed E-state index contributed by atoms with van der Waals surface area (Å²) < 4.78 is 11.2. The van der Waals surface area contributed by atoms with E-state index in [0.717, 1.165) is 38.5 Å². The lowest BCUT2D eigenvalue weighted by molar-refractivity contribution is -0.122. The topological polar surface area (TPSA) is 50.8 Å². The van der Waals surface area contributed by atoms with E-state index in [-0.39, 0.29) is 30.3 Å². The number of morpholine rings is 1. The SMILES string of the molecule is CCOc1cccc(C2CC2C(=O)NCC(c2ccc(C(C)C)cc2)N2CCOCC2)c1.Cl. The molecule has 33 heavy (non-hydrogen) atoms. The first-order chi connectivity index (χ1) is 15.6. The molecule has 2 aliphatic rings. The van der Waals surface area contributed by atoms with Gasteiger partial charge in [0.1, 0.15) is 5.75 Å². The highest BCUT2D eigenvalue weighted by Crippen LogP contribution is 2.48. The van der Waals surface area contributed by atoms with E-state index in [0.29, 0.717) is 25.0 Å². The Hall–Kier alpha value is -2.08. The van der Waals surface area contributed by atoms with Crippen molar-refractivity contribution < 1.29 is 14.3 Å². The fourth-order valence-corrected chi connectivity index (χ4v) is 4.63. The number of nitrogens with zero attached hydrogens (tertiary/aromatic N) is 1. The van der Waals surface area contributed by atoms with Gasteiger partial charge in [0.05, 0.1) is 25.9 Å². The number of carbonyl (C=O) groups excluding carboxylic acids is 1. The van der Waals surface area contributed by atoms with Crippen LogP contribution in [-0.2, 0) is 9.53 Å². The largest absolute Gasteiger partial charge is 0.494 e. The van der Waals surface area contributed by atoms with Crippen LogP contribution in [0, 0.1) is 5.92 Å². The van der Waals surface area contributed by atoms with Gasteiger partial charge in [-0.2, -0.15) is 0 Å². The average molecular weight is 473 g/mol. The molecule has 3 atom stereocenters. The molecule has 2 aromatic carbocycles. The Labute approximate surface area is 204 Å². The summed E-state index contributed by atoms with van der Waals surface area (Å²) in [5.74, 6) is 1.91. The second kappa shape index (κ2) is 11.9. The van der Waals surface area contributed by atoms with Gasteiger partial charge >= 0.3 is 0 Å². The maximum absolute atomic E-state index is 13.0. The van der Waals surface area contributed by atoms with Gasteiger partial charge in [0, 0.05) is 25.6 Å². The Morgan fingerprint density at radius 2 is 1.82 bits per heavy atom. The molecule has 1 saturated heterocycles. The minimum atomic E-state index is 0. The van der Waals surface area contributed by atoms with Crippen LogP contribution in [0.1, 0.15) is 61.8 Å². The predicted molar refractivity (Wildman–Crippen MR) is 134 cm³/mol. The zero-order valence-corrected chi connectivity index (χ0v) is 20.8. The molecule has 1 aliphatic heterocycles. The normalized spacial score (nSPS) is 21.2. The first kappa shape index (κ1) is 25.5. The number of ether oxygens (including phenoxy) is 2. The Kier molecular flexibility index (Phi) is 9.19. The lowest BCUT2D eigenvalue weighted by Gasteiger charge is -2.35. The van der Waals surface area contributed by atoms with Gasteiger partial charge < -0.3 is 14.8 Å². The molecular weight excluding hydrogens is 436 g/mol. The summed E-state index contributed by atoms with van der Waals surface area (Å²) in [5, 5.41) is 3.26. The van der Waals surface area contributed by atoms with Gasteiger partial charge in [-0.15, -0.1) is 12.4 Å². The number of carbonyl (C=O) groups is 1. The van der Waals surface area contributed by atoms with Crippen LogP contribution in [0.4, 0.5) is 0 Å². The molecule has 1 N–H and O–H groups in total. The Morgan fingerprint density at radius 3 is 2.48 bits per heavy atom. The summed E-state index contributed by atoms with van der Waals surface area (Å²) in [7, 11) is 0. The van der Waals surface area contributed by atoms with Gasteiger partial charge in [-0.05, 0) is 54.0 Å². The van der Waals surface area contributed by atoms with Gasteiger partial charge in [0.25, 0.3) is 0 Å². The first-order valence-corrected chi connectivity index (χ1v) is 12.0. The second-order valence-electron chi connectivity index (χ2n) is 9.18. The monoisotopic (exact) mass is 472 g/mol. The Morgan fingerprint density at radius 1 is 1.12 bits per heavy atom. The van der Waals surface area contributed by atoms with Gasteiger partial charge in [-0.3, -0.25) is 9.69 Å². The van der Waals surface area contributed by atoms with Crippen molar-refractivity contribution in [2.24, 2.45) is 5.92 Å². The fourth-order valence-electron chi connectivity index (χ4n) is 4.63. The van der Waals surface area contributed by atoms with Crippen LogP contribution in [0.3, 0.4) is 0 Å². The Balaban J connectivity index is 0.00000306. The molecule has 5 nitrogen and oxygen atoms in total. The van der Waals surface area contributed by atoms with Crippen molar-refractivity contribution in [1.82, 2.24) is 10.2 Å². The molecule has 1 amide bonds. The maximum atomic E-state index is 13.0. The quantitative estimate of drug-likeness (QED) is 0.562. The Bertz CT molecular complexity index is 896. The van der Waals surface area contributed by atoms with Crippen LogP contribution in [0.15, 0.2) is 48.5 Å². The number of nitrogens with one attached hydrogen (secondary N) is 1. The fraction of sp³-hybridized carbons (Fsp3) is 0.519.